The van der Waals surface area contributed by atoms with Crippen LogP contribution in [-0.2, 0) is 16.6 Å². The molecule has 1 aromatic rings. The van der Waals surface area contributed by atoms with E-state index in [2.05, 4.69) is 38.8 Å². The molecule has 0 aromatic carbocycles. The number of fused-ring (bicyclic) bond motifs is 1. The van der Waals surface area contributed by atoms with Crippen LogP contribution in [0.5, 0.6) is 0 Å². The quantitative estimate of drug-likeness (QED) is 0.546. The van der Waals surface area contributed by atoms with Gasteiger partial charge in [-0.15, -0.1) is 11.3 Å². The van der Waals surface area contributed by atoms with Crippen molar-refractivity contribution in [1.82, 2.24) is 4.31 Å². The molecule has 0 fully saturated rings. The summed E-state index contributed by atoms with van der Waals surface area (Å²) in [6.45, 7) is 3.34. The number of nitrogens with zero attached hydrogens (tertiary/aromatic N) is 1. The maximum absolute atomic E-state index is 12.5. The first-order valence-electron chi connectivity index (χ1n) is 6.95. The second kappa shape index (κ2) is 7.22. The van der Waals surface area contributed by atoms with Crippen LogP contribution in [0.1, 0.15) is 51.0 Å². The van der Waals surface area contributed by atoms with Crippen LogP contribution >= 0.6 is 43.2 Å². The van der Waals surface area contributed by atoms with Crippen molar-refractivity contribution in [1.29, 1.82) is 0 Å². The Morgan fingerprint density at radius 3 is 2.40 bits per heavy atom. The van der Waals surface area contributed by atoms with E-state index in [1.165, 1.54) is 37.0 Å². The predicted molar refractivity (Wildman–Crippen MR) is 90.7 cm³/mol. The fraction of sp³-hybridized carbons (Fsp3) is 0.692. The number of sulfonamides is 1. The van der Waals surface area contributed by atoms with Gasteiger partial charge in [-0.2, -0.15) is 4.31 Å². The SMILES string of the molecule is CCCCCCCCN1Cc2c(Br)sc(Br)c2S1(=O)=O. The highest BCUT2D eigenvalue weighted by atomic mass is 79.9. The third-order valence-corrected chi connectivity index (χ3v) is 8.57. The number of unbranched alkanes of at least 4 members (excludes halogenated alkanes) is 5. The fourth-order valence-electron chi connectivity index (χ4n) is 2.44. The Labute approximate surface area is 142 Å². The molecule has 0 saturated heterocycles. The van der Waals surface area contributed by atoms with Crippen molar-refractivity contribution in [2.45, 2.75) is 56.9 Å². The molecule has 7 heteroatoms. The van der Waals surface area contributed by atoms with Crippen LogP contribution in [-0.4, -0.2) is 19.3 Å². The second-order valence-electron chi connectivity index (χ2n) is 5.06. The van der Waals surface area contributed by atoms with E-state index in [4.69, 9.17) is 0 Å². The number of thiophene rings is 1. The first-order chi connectivity index (χ1) is 9.48. The Hall–Kier alpha value is 0.570. The van der Waals surface area contributed by atoms with Gasteiger partial charge in [0.25, 0.3) is 0 Å². The van der Waals surface area contributed by atoms with Crippen LogP contribution in [0, 0.1) is 0 Å². The van der Waals surface area contributed by atoms with Gasteiger partial charge >= 0.3 is 0 Å². The molecule has 0 unspecified atom stereocenters. The third kappa shape index (κ3) is 3.48. The Kier molecular flexibility index (Phi) is 6.11. The summed E-state index contributed by atoms with van der Waals surface area (Å²) >= 11 is 8.26. The highest BCUT2D eigenvalue weighted by molar-refractivity contribution is 9.12. The van der Waals surface area contributed by atoms with Gasteiger partial charge in [-0.25, -0.2) is 8.42 Å². The van der Waals surface area contributed by atoms with Gasteiger partial charge in [-0.1, -0.05) is 39.0 Å². The average Bonchev–Trinajstić information content (AvgIpc) is 2.81. The maximum atomic E-state index is 12.5. The summed E-state index contributed by atoms with van der Waals surface area (Å²) in [5, 5.41) is 0. The topological polar surface area (TPSA) is 37.4 Å². The first kappa shape index (κ1) is 16.9. The summed E-state index contributed by atoms with van der Waals surface area (Å²) in [6.07, 6.45) is 7.04. The lowest BCUT2D eigenvalue weighted by atomic mass is 10.1. The molecule has 0 bridgehead atoms. The van der Waals surface area contributed by atoms with Crippen molar-refractivity contribution in [3.8, 4) is 0 Å². The van der Waals surface area contributed by atoms with Gasteiger partial charge in [-0.3, -0.25) is 0 Å². The molecule has 0 amide bonds. The lowest BCUT2D eigenvalue weighted by Crippen LogP contribution is -2.25. The molecule has 20 heavy (non-hydrogen) atoms. The molecule has 0 radical (unpaired) electrons. The van der Waals surface area contributed by atoms with E-state index in [0.29, 0.717) is 21.8 Å². The van der Waals surface area contributed by atoms with Crippen molar-refractivity contribution >= 4 is 53.2 Å². The molecular formula is C13H19Br2NO2S2. The monoisotopic (exact) mass is 443 g/mol. The zero-order valence-electron chi connectivity index (χ0n) is 11.5. The van der Waals surface area contributed by atoms with Gasteiger partial charge in [0.1, 0.15) is 4.90 Å². The van der Waals surface area contributed by atoms with Crippen LogP contribution < -0.4 is 0 Å². The molecule has 0 spiro atoms. The summed E-state index contributed by atoms with van der Waals surface area (Å²) in [7, 11) is -3.29. The van der Waals surface area contributed by atoms with Crippen LogP contribution in [0.4, 0.5) is 0 Å². The van der Waals surface area contributed by atoms with Crippen molar-refractivity contribution in [2.75, 3.05) is 6.54 Å². The lowest BCUT2D eigenvalue weighted by Gasteiger charge is -2.14. The molecule has 114 valence electrons. The van der Waals surface area contributed by atoms with Crippen molar-refractivity contribution in [2.24, 2.45) is 0 Å². The van der Waals surface area contributed by atoms with Gasteiger partial charge < -0.3 is 0 Å². The van der Waals surface area contributed by atoms with Crippen molar-refractivity contribution in [3.05, 3.63) is 13.1 Å². The lowest BCUT2D eigenvalue weighted by molar-refractivity contribution is 0.407. The third-order valence-electron chi connectivity index (χ3n) is 3.56. The molecule has 3 nitrogen and oxygen atoms in total. The van der Waals surface area contributed by atoms with E-state index < -0.39 is 10.0 Å². The number of rotatable bonds is 7. The van der Waals surface area contributed by atoms with E-state index in [1.54, 1.807) is 4.31 Å². The molecule has 1 aliphatic heterocycles. The normalized spacial score (nSPS) is 17.6. The van der Waals surface area contributed by atoms with Crippen LogP contribution in [0.2, 0.25) is 0 Å². The molecule has 0 atom stereocenters. The minimum atomic E-state index is -3.29. The fourth-order valence-corrected chi connectivity index (χ4v) is 8.15. The average molecular weight is 445 g/mol. The highest BCUT2D eigenvalue weighted by Gasteiger charge is 2.39. The molecular weight excluding hydrogens is 426 g/mol. The van der Waals surface area contributed by atoms with Crippen LogP contribution in [0.25, 0.3) is 0 Å². The molecule has 0 N–H and O–H groups in total. The number of hydrogen-bond acceptors (Lipinski definition) is 3. The summed E-state index contributed by atoms with van der Waals surface area (Å²) < 4.78 is 28.2. The maximum Gasteiger partial charge on any atom is 0.245 e. The minimum absolute atomic E-state index is 0.473. The summed E-state index contributed by atoms with van der Waals surface area (Å²) in [6, 6.07) is 0. The Morgan fingerprint density at radius 2 is 1.75 bits per heavy atom. The van der Waals surface area contributed by atoms with E-state index in [1.807, 2.05) is 0 Å². The summed E-state index contributed by atoms with van der Waals surface area (Å²) in [4.78, 5) is 0.473. The Bertz CT molecular complexity index is 569. The molecule has 0 aliphatic carbocycles. The number of hydrogen-bond donors (Lipinski definition) is 0. The van der Waals surface area contributed by atoms with Gasteiger partial charge in [-0.05, 0) is 38.3 Å². The highest BCUT2D eigenvalue weighted by Crippen LogP contribution is 2.45. The molecule has 1 aromatic heterocycles. The standard InChI is InChI=1S/C13H19Br2NO2S2/c1-2-3-4-5-6-7-8-16-9-10-11(20(16,17)18)13(15)19-12(10)14/h2-9H2,1H3. The summed E-state index contributed by atoms with van der Waals surface area (Å²) in [5.74, 6) is 0. The Balaban J connectivity index is 1.91. The smallest absolute Gasteiger partial charge is 0.207 e. The van der Waals surface area contributed by atoms with Gasteiger partial charge in [0, 0.05) is 18.7 Å². The van der Waals surface area contributed by atoms with Crippen molar-refractivity contribution < 1.29 is 8.42 Å². The largest absolute Gasteiger partial charge is 0.245 e. The molecule has 2 rings (SSSR count). The van der Waals surface area contributed by atoms with E-state index >= 15 is 0 Å². The van der Waals surface area contributed by atoms with Crippen LogP contribution in [0.15, 0.2) is 12.5 Å². The van der Waals surface area contributed by atoms with Gasteiger partial charge in [0.05, 0.1) is 7.57 Å². The molecule has 2 heterocycles. The van der Waals surface area contributed by atoms with Crippen LogP contribution in [0.3, 0.4) is 0 Å². The predicted octanol–water partition coefficient (Wildman–Crippen LogP) is 5.14. The molecule has 1 aliphatic rings. The van der Waals surface area contributed by atoms with E-state index in [-0.39, 0.29) is 0 Å². The Morgan fingerprint density at radius 1 is 1.10 bits per heavy atom. The van der Waals surface area contributed by atoms with Gasteiger partial charge in [0.15, 0.2) is 0 Å². The van der Waals surface area contributed by atoms with Gasteiger partial charge in [0.2, 0.25) is 10.0 Å². The van der Waals surface area contributed by atoms with E-state index in [9.17, 15) is 8.42 Å². The second-order valence-corrected chi connectivity index (χ2v) is 10.6. The van der Waals surface area contributed by atoms with Crippen molar-refractivity contribution in [3.63, 3.8) is 0 Å². The molecule has 0 saturated carbocycles. The zero-order valence-corrected chi connectivity index (χ0v) is 16.3. The zero-order chi connectivity index (χ0) is 14.8. The number of halogens is 2. The minimum Gasteiger partial charge on any atom is -0.207 e. The van der Waals surface area contributed by atoms with E-state index in [0.717, 1.165) is 22.2 Å². The summed E-state index contributed by atoms with van der Waals surface area (Å²) in [5.41, 5.74) is 0.910. The first-order valence-corrected chi connectivity index (χ1v) is 10.8.